The van der Waals surface area contributed by atoms with Crippen molar-refractivity contribution >= 4 is 11.0 Å². The molecule has 1 aromatic heterocycles. The number of ether oxygens (including phenoxy) is 2. The molecular formula is C26H28N2O2. The Hall–Kier alpha value is -3.27. The number of hydrogen-bond donors (Lipinski definition) is 0. The monoisotopic (exact) mass is 400 g/mol. The Morgan fingerprint density at radius 1 is 0.833 bits per heavy atom. The Kier molecular flexibility index (Phi) is 6.33. The standard InChI is InChI=1S/C26H28N2O2/c1-3-21-11-15-23(16-12-21)30-19-26-27-24-7-4-5-8-25(24)28(26)17-6-18-29-22-13-9-20(2)10-14-22/h4-5,7-16H,3,6,17-19H2,1-2H3. The smallest absolute Gasteiger partial charge is 0.147 e. The van der Waals surface area contributed by atoms with Gasteiger partial charge >= 0.3 is 0 Å². The summed E-state index contributed by atoms with van der Waals surface area (Å²) in [5.74, 6) is 2.72. The fourth-order valence-electron chi connectivity index (χ4n) is 3.50. The van der Waals surface area contributed by atoms with Gasteiger partial charge in [0.05, 0.1) is 17.6 Å². The van der Waals surface area contributed by atoms with E-state index < -0.39 is 0 Å². The van der Waals surface area contributed by atoms with Gasteiger partial charge in [-0.2, -0.15) is 0 Å². The van der Waals surface area contributed by atoms with Crippen molar-refractivity contribution in [2.45, 2.75) is 39.8 Å². The minimum Gasteiger partial charge on any atom is -0.494 e. The molecule has 0 atom stereocenters. The molecule has 0 aliphatic rings. The molecule has 0 saturated heterocycles. The quantitative estimate of drug-likeness (QED) is 0.326. The summed E-state index contributed by atoms with van der Waals surface area (Å²) in [6.45, 7) is 6.17. The molecule has 30 heavy (non-hydrogen) atoms. The molecule has 0 fully saturated rings. The van der Waals surface area contributed by atoms with Crippen LogP contribution < -0.4 is 9.47 Å². The molecule has 0 amide bonds. The molecule has 154 valence electrons. The summed E-state index contributed by atoms with van der Waals surface area (Å²) in [4.78, 5) is 4.81. The molecule has 0 spiro atoms. The summed E-state index contributed by atoms with van der Waals surface area (Å²) < 4.78 is 14.2. The van der Waals surface area contributed by atoms with E-state index in [0.717, 1.165) is 47.7 Å². The fraction of sp³-hybridized carbons (Fsp3) is 0.269. The Balaban J connectivity index is 1.42. The van der Waals surface area contributed by atoms with Crippen LogP contribution in [0.5, 0.6) is 11.5 Å². The summed E-state index contributed by atoms with van der Waals surface area (Å²) in [7, 11) is 0. The highest BCUT2D eigenvalue weighted by molar-refractivity contribution is 5.75. The van der Waals surface area contributed by atoms with Crippen molar-refractivity contribution in [3.05, 3.63) is 89.7 Å². The van der Waals surface area contributed by atoms with E-state index in [4.69, 9.17) is 14.5 Å². The molecule has 0 N–H and O–H groups in total. The van der Waals surface area contributed by atoms with Gasteiger partial charge in [0.25, 0.3) is 0 Å². The zero-order valence-corrected chi connectivity index (χ0v) is 17.7. The fourth-order valence-corrected chi connectivity index (χ4v) is 3.50. The third kappa shape index (κ3) is 4.82. The summed E-state index contributed by atoms with van der Waals surface area (Å²) in [6, 6.07) is 24.7. The van der Waals surface area contributed by atoms with Gasteiger partial charge in [-0.05, 0) is 61.7 Å². The zero-order valence-electron chi connectivity index (χ0n) is 17.7. The van der Waals surface area contributed by atoms with E-state index >= 15 is 0 Å². The summed E-state index contributed by atoms with van der Waals surface area (Å²) in [5, 5.41) is 0. The van der Waals surface area contributed by atoms with Crippen LogP contribution in [0.25, 0.3) is 11.0 Å². The Morgan fingerprint density at radius 2 is 1.53 bits per heavy atom. The van der Waals surface area contributed by atoms with Crippen LogP contribution >= 0.6 is 0 Å². The minimum absolute atomic E-state index is 0.443. The number of nitrogens with zero attached hydrogens (tertiary/aromatic N) is 2. The van der Waals surface area contributed by atoms with Crippen LogP contribution in [0.4, 0.5) is 0 Å². The molecule has 4 nitrogen and oxygen atoms in total. The highest BCUT2D eigenvalue weighted by Crippen LogP contribution is 2.20. The second kappa shape index (κ2) is 9.49. The van der Waals surface area contributed by atoms with E-state index in [1.165, 1.54) is 11.1 Å². The molecule has 0 unspecified atom stereocenters. The van der Waals surface area contributed by atoms with Crippen molar-refractivity contribution in [3.63, 3.8) is 0 Å². The van der Waals surface area contributed by atoms with Crippen LogP contribution in [-0.4, -0.2) is 16.2 Å². The molecule has 0 aliphatic heterocycles. The minimum atomic E-state index is 0.443. The number of benzene rings is 3. The highest BCUT2D eigenvalue weighted by atomic mass is 16.5. The first-order valence-electron chi connectivity index (χ1n) is 10.6. The van der Waals surface area contributed by atoms with Crippen LogP contribution in [0.3, 0.4) is 0 Å². The van der Waals surface area contributed by atoms with E-state index in [-0.39, 0.29) is 0 Å². The maximum absolute atomic E-state index is 6.03. The van der Waals surface area contributed by atoms with E-state index in [9.17, 15) is 0 Å². The van der Waals surface area contributed by atoms with Crippen LogP contribution in [0.15, 0.2) is 72.8 Å². The van der Waals surface area contributed by atoms with Gasteiger partial charge in [0.15, 0.2) is 0 Å². The zero-order chi connectivity index (χ0) is 20.8. The molecule has 4 rings (SSSR count). The average Bonchev–Trinajstić information content (AvgIpc) is 3.14. The molecule has 0 radical (unpaired) electrons. The number of hydrogen-bond acceptors (Lipinski definition) is 3. The molecule has 0 saturated carbocycles. The van der Waals surface area contributed by atoms with Crippen molar-refractivity contribution in [1.82, 2.24) is 9.55 Å². The van der Waals surface area contributed by atoms with Gasteiger partial charge in [0, 0.05) is 6.54 Å². The van der Waals surface area contributed by atoms with Gasteiger partial charge < -0.3 is 14.0 Å². The summed E-state index contributed by atoms with van der Waals surface area (Å²) in [5.41, 5.74) is 4.68. The van der Waals surface area contributed by atoms with E-state index in [1.807, 2.05) is 36.4 Å². The second-order valence-electron chi connectivity index (χ2n) is 7.47. The normalized spacial score (nSPS) is 11.0. The number of aromatic nitrogens is 2. The molecule has 3 aromatic carbocycles. The maximum atomic E-state index is 6.03. The van der Waals surface area contributed by atoms with E-state index in [0.29, 0.717) is 13.2 Å². The van der Waals surface area contributed by atoms with Crippen LogP contribution in [0.2, 0.25) is 0 Å². The van der Waals surface area contributed by atoms with Crippen molar-refractivity contribution in [1.29, 1.82) is 0 Å². The lowest BCUT2D eigenvalue weighted by atomic mass is 10.2. The van der Waals surface area contributed by atoms with Gasteiger partial charge in [-0.15, -0.1) is 0 Å². The maximum Gasteiger partial charge on any atom is 0.147 e. The first-order chi connectivity index (χ1) is 14.7. The van der Waals surface area contributed by atoms with E-state index in [1.54, 1.807) is 0 Å². The molecule has 0 bridgehead atoms. The molecule has 4 heteroatoms. The lowest BCUT2D eigenvalue weighted by Gasteiger charge is -2.12. The third-order valence-electron chi connectivity index (χ3n) is 5.25. The van der Waals surface area contributed by atoms with Gasteiger partial charge in [-0.1, -0.05) is 48.9 Å². The lowest BCUT2D eigenvalue weighted by molar-refractivity contribution is 0.280. The van der Waals surface area contributed by atoms with Gasteiger partial charge in [-0.3, -0.25) is 0 Å². The van der Waals surface area contributed by atoms with Crippen molar-refractivity contribution in [2.24, 2.45) is 0 Å². The number of aryl methyl sites for hydroxylation is 3. The van der Waals surface area contributed by atoms with Crippen molar-refractivity contribution in [3.8, 4) is 11.5 Å². The van der Waals surface area contributed by atoms with Gasteiger partial charge in [0.2, 0.25) is 0 Å². The first-order valence-corrected chi connectivity index (χ1v) is 10.6. The Labute approximate surface area is 178 Å². The average molecular weight is 401 g/mol. The van der Waals surface area contributed by atoms with Crippen LogP contribution in [-0.2, 0) is 19.6 Å². The second-order valence-corrected chi connectivity index (χ2v) is 7.47. The number of fused-ring (bicyclic) bond motifs is 1. The SMILES string of the molecule is CCc1ccc(OCc2nc3ccccc3n2CCCOc2ccc(C)cc2)cc1. The Bertz CT molecular complexity index is 1080. The van der Waals surface area contributed by atoms with Gasteiger partial charge in [0.1, 0.15) is 23.9 Å². The Morgan fingerprint density at radius 3 is 2.30 bits per heavy atom. The number of imidazole rings is 1. The number of rotatable bonds is 9. The molecule has 0 aliphatic carbocycles. The third-order valence-corrected chi connectivity index (χ3v) is 5.25. The molecule has 1 heterocycles. The van der Waals surface area contributed by atoms with Crippen molar-refractivity contribution in [2.75, 3.05) is 6.61 Å². The highest BCUT2D eigenvalue weighted by Gasteiger charge is 2.11. The van der Waals surface area contributed by atoms with E-state index in [2.05, 4.69) is 54.8 Å². The predicted octanol–water partition coefficient (Wildman–Crippen LogP) is 5.96. The summed E-state index contributed by atoms with van der Waals surface area (Å²) >= 11 is 0. The van der Waals surface area contributed by atoms with Crippen molar-refractivity contribution < 1.29 is 9.47 Å². The van der Waals surface area contributed by atoms with Gasteiger partial charge in [-0.25, -0.2) is 4.98 Å². The summed E-state index contributed by atoms with van der Waals surface area (Å²) in [6.07, 6.45) is 1.92. The lowest BCUT2D eigenvalue weighted by Crippen LogP contribution is -2.10. The predicted molar refractivity (Wildman–Crippen MR) is 121 cm³/mol. The van der Waals surface area contributed by atoms with Crippen LogP contribution in [0.1, 0.15) is 30.3 Å². The number of para-hydroxylation sites is 2. The molecule has 4 aromatic rings. The topological polar surface area (TPSA) is 36.3 Å². The van der Waals surface area contributed by atoms with Crippen LogP contribution in [0, 0.1) is 6.92 Å². The molecular weight excluding hydrogens is 372 g/mol. The first kappa shape index (κ1) is 20.0. The largest absolute Gasteiger partial charge is 0.494 e.